The quantitative estimate of drug-likeness (QED) is 0.844. The molecule has 0 aliphatic heterocycles. The van der Waals surface area contributed by atoms with Crippen LogP contribution in [0.2, 0.25) is 0 Å². The lowest BCUT2D eigenvalue weighted by Gasteiger charge is -2.49. The lowest BCUT2D eigenvalue weighted by molar-refractivity contribution is -0.129. The minimum Gasteiger partial charge on any atom is -0.392 e. The zero-order valence-electron chi connectivity index (χ0n) is 10.9. The predicted molar refractivity (Wildman–Crippen MR) is 68.9 cm³/mol. The number of amides is 1. The van der Waals surface area contributed by atoms with Gasteiger partial charge in [0.05, 0.1) is 6.10 Å². The van der Waals surface area contributed by atoms with Crippen molar-refractivity contribution in [2.24, 2.45) is 5.41 Å². The average molecular weight is 248 g/mol. The third-order valence-electron chi connectivity index (χ3n) is 3.91. The number of carbonyl (C=O) groups is 1. The van der Waals surface area contributed by atoms with Gasteiger partial charge in [-0.2, -0.15) is 0 Å². The Morgan fingerprint density at radius 1 is 1.61 bits per heavy atom. The average Bonchev–Trinajstić information content (AvgIpc) is 2.37. The predicted octanol–water partition coefficient (Wildman–Crippen LogP) is 1.29. The summed E-state index contributed by atoms with van der Waals surface area (Å²) in [5, 5.41) is 12.6. The second kappa shape index (κ2) is 5.06. The summed E-state index contributed by atoms with van der Waals surface area (Å²) in [7, 11) is 0. The van der Waals surface area contributed by atoms with Crippen LogP contribution in [0.5, 0.6) is 0 Å². The van der Waals surface area contributed by atoms with E-state index in [0.717, 1.165) is 5.56 Å². The van der Waals surface area contributed by atoms with Gasteiger partial charge >= 0.3 is 0 Å². The Morgan fingerprint density at radius 3 is 2.94 bits per heavy atom. The van der Waals surface area contributed by atoms with Crippen molar-refractivity contribution in [2.45, 2.75) is 45.3 Å². The molecule has 0 radical (unpaired) electrons. The van der Waals surface area contributed by atoms with Crippen molar-refractivity contribution in [3.63, 3.8) is 0 Å². The van der Waals surface area contributed by atoms with Crippen LogP contribution in [0.1, 0.15) is 32.3 Å². The van der Waals surface area contributed by atoms with E-state index in [9.17, 15) is 9.90 Å². The number of nitrogens with one attached hydrogen (secondary N) is 1. The first kappa shape index (κ1) is 13.0. The Morgan fingerprint density at radius 2 is 2.39 bits per heavy atom. The summed E-state index contributed by atoms with van der Waals surface area (Å²) in [4.78, 5) is 15.8. The van der Waals surface area contributed by atoms with E-state index in [1.54, 1.807) is 12.4 Å². The van der Waals surface area contributed by atoms with Gasteiger partial charge < -0.3 is 10.4 Å². The Bertz CT molecular complexity index is 417. The Balaban J connectivity index is 1.77. The van der Waals surface area contributed by atoms with Crippen LogP contribution in [0.15, 0.2) is 24.5 Å². The van der Waals surface area contributed by atoms with E-state index in [2.05, 4.69) is 10.3 Å². The highest BCUT2D eigenvalue weighted by Crippen LogP contribution is 2.40. The molecule has 2 atom stereocenters. The second-order valence-corrected chi connectivity index (χ2v) is 5.55. The number of pyridine rings is 1. The lowest BCUT2D eigenvalue weighted by atomic mass is 9.64. The van der Waals surface area contributed by atoms with Crippen molar-refractivity contribution in [1.29, 1.82) is 0 Å². The molecule has 1 saturated carbocycles. The molecular weight excluding hydrogens is 228 g/mol. The lowest BCUT2D eigenvalue weighted by Crippen LogP contribution is -2.61. The molecule has 1 aliphatic carbocycles. The Kier molecular flexibility index (Phi) is 3.66. The number of aliphatic hydroxyl groups excluding tert-OH is 1. The van der Waals surface area contributed by atoms with Crippen LogP contribution >= 0.6 is 0 Å². The molecule has 1 heterocycles. The van der Waals surface area contributed by atoms with Gasteiger partial charge in [-0.05, 0) is 24.5 Å². The number of nitrogens with zero attached hydrogens (tertiary/aromatic N) is 1. The van der Waals surface area contributed by atoms with E-state index in [-0.39, 0.29) is 23.5 Å². The number of carbonyl (C=O) groups excluding carboxylic acids is 1. The van der Waals surface area contributed by atoms with Crippen LogP contribution in [-0.4, -0.2) is 28.1 Å². The Hall–Kier alpha value is -1.42. The monoisotopic (exact) mass is 248 g/mol. The summed E-state index contributed by atoms with van der Waals surface area (Å²) in [5.74, 6) is 0.0452. The minimum absolute atomic E-state index is 0.0452. The van der Waals surface area contributed by atoms with Gasteiger partial charge in [-0.3, -0.25) is 9.78 Å². The summed E-state index contributed by atoms with van der Waals surface area (Å²) in [6.45, 7) is 3.96. The minimum atomic E-state index is -0.305. The van der Waals surface area contributed by atoms with Gasteiger partial charge in [-0.1, -0.05) is 19.9 Å². The van der Waals surface area contributed by atoms with E-state index in [0.29, 0.717) is 19.3 Å². The van der Waals surface area contributed by atoms with Gasteiger partial charge in [-0.15, -0.1) is 0 Å². The summed E-state index contributed by atoms with van der Waals surface area (Å²) in [6, 6.07) is 3.93. The van der Waals surface area contributed by atoms with Crippen molar-refractivity contribution in [3.05, 3.63) is 30.1 Å². The summed E-state index contributed by atoms with van der Waals surface area (Å²) in [6.07, 6.45) is 5.03. The molecular formula is C14H20N2O2. The van der Waals surface area contributed by atoms with Crippen molar-refractivity contribution in [1.82, 2.24) is 10.3 Å². The number of aryl methyl sites for hydroxylation is 1. The van der Waals surface area contributed by atoms with E-state index in [1.165, 1.54) is 0 Å². The van der Waals surface area contributed by atoms with Crippen LogP contribution < -0.4 is 5.32 Å². The van der Waals surface area contributed by atoms with Crippen LogP contribution in [-0.2, 0) is 11.2 Å². The fourth-order valence-electron chi connectivity index (χ4n) is 2.22. The molecule has 4 heteroatoms. The molecule has 1 amide bonds. The van der Waals surface area contributed by atoms with Gasteiger partial charge in [-0.25, -0.2) is 0 Å². The number of aromatic nitrogens is 1. The van der Waals surface area contributed by atoms with Gasteiger partial charge in [0, 0.05) is 30.3 Å². The maximum atomic E-state index is 11.8. The molecule has 2 rings (SSSR count). The van der Waals surface area contributed by atoms with Gasteiger partial charge in [0.25, 0.3) is 0 Å². The highest BCUT2D eigenvalue weighted by molar-refractivity contribution is 5.76. The first-order valence-electron chi connectivity index (χ1n) is 6.36. The number of hydrogen-bond donors (Lipinski definition) is 2. The maximum Gasteiger partial charge on any atom is 0.220 e. The van der Waals surface area contributed by atoms with Gasteiger partial charge in [0.2, 0.25) is 5.91 Å². The van der Waals surface area contributed by atoms with Crippen molar-refractivity contribution >= 4 is 5.91 Å². The van der Waals surface area contributed by atoms with E-state index in [4.69, 9.17) is 0 Å². The first-order valence-corrected chi connectivity index (χ1v) is 6.36. The number of aliphatic hydroxyl groups is 1. The number of hydrogen-bond acceptors (Lipinski definition) is 3. The zero-order chi connectivity index (χ0) is 13.2. The van der Waals surface area contributed by atoms with Crippen LogP contribution in [0, 0.1) is 5.41 Å². The molecule has 4 nitrogen and oxygen atoms in total. The highest BCUT2D eigenvalue weighted by atomic mass is 16.3. The normalized spacial score (nSPS) is 25.3. The van der Waals surface area contributed by atoms with Crippen LogP contribution in [0.25, 0.3) is 0 Å². The molecule has 0 saturated heterocycles. The molecule has 18 heavy (non-hydrogen) atoms. The van der Waals surface area contributed by atoms with E-state index >= 15 is 0 Å². The topological polar surface area (TPSA) is 62.2 Å². The van der Waals surface area contributed by atoms with Crippen LogP contribution in [0.4, 0.5) is 0 Å². The molecule has 98 valence electrons. The molecule has 2 unspecified atom stereocenters. The third kappa shape index (κ3) is 2.70. The molecule has 1 fully saturated rings. The van der Waals surface area contributed by atoms with Gasteiger partial charge in [0.15, 0.2) is 0 Å². The van der Waals surface area contributed by atoms with Crippen molar-refractivity contribution < 1.29 is 9.90 Å². The second-order valence-electron chi connectivity index (χ2n) is 5.55. The van der Waals surface area contributed by atoms with Crippen molar-refractivity contribution in [2.75, 3.05) is 0 Å². The standard InChI is InChI=1S/C14H20N2O2/c1-14(2)11(8-12(14)17)16-13(18)6-5-10-4-3-7-15-9-10/h3-4,7,9,11-12,17H,5-6,8H2,1-2H3,(H,16,18). The van der Waals surface area contributed by atoms with Crippen LogP contribution in [0.3, 0.4) is 0 Å². The molecule has 0 bridgehead atoms. The zero-order valence-corrected chi connectivity index (χ0v) is 10.9. The van der Waals surface area contributed by atoms with Crippen molar-refractivity contribution in [3.8, 4) is 0 Å². The SMILES string of the molecule is CC1(C)C(O)CC1NC(=O)CCc1cccnc1. The maximum absolute atomic E-state index is 11.8. The molecule has 0 aromatic carbocycles. The molecule has 1 aliphatic rings. The smallest absolute Gasteiger partial charge is 0.220 e. The van der Waals surface area contributed by atoms with Gasteiger partial charge in [0.1, 0.15) is 0 Å². The molecule has 0 spiro atoms. The number of rotatable bonds is 4. The molecule has 1 aromatic rings. The highest BCUT2D eigenvalue weighted by Gasteiger charge is 2.47. The summed E-state index contributed by atoms with van der Waals surface area (Å²) >= 11 is 0. The Labute approximate surface area is 107 Å². The molecule has 2 N–H and O–H groups in total. The third-order valence-corrected chi connectivity index (χ3v) is 3.91. The van der Waals surface area contributed by atoms with E-state index in [1.807, 2.05) is 26.0 Å². The van der Waals surface area contributed by atoms with E-state index < -0.39 is 0 Å². The summed E-state index contributed by atoms with van der Waals surface area (Å²) < 4.78 is 0. The first-order chi connectivity index (χ1) is 8.50. The largest absolute Gasteiger partial charge is 0.392 e. The molecule has 1 aromatic heterocycles. The fourth-order valence-corrected chi connectivity index (χ4v) is 2.22. The summed E-state index contributed by atoms with van der Waals surface area (Å²) in [5.41, 5.74) is 0.866. The fraction of sp³-hybridized carbons (Fsp3) is 0.571.